The fourth-order valence-corrected chi connectivity index (χ4v) is 3.55. The van der Waals surface area contributed by atoms with Crippen LogP contribution in [-0.4, -0.2) is 87.1 Å². The van der Waals surface area contributed by atoms with Gasteiger partial charge in [-0.05, 0) is 31.8 Å². The van der Waals surface area contributed by atoms with Gasteiger partial charge >= 0.3 is 0 Å². The maximum absolute atomic E-state index is 4.43. The summed E-state index contributed by atoms with van der Waals surface area (Å²) in [5.41, 5.74) is 0. The Hall–Kier alpha value is -0.380. The molecule has 1 N–H and O–H groups in total. The lowest BCUT2D eigenvalue weighted by Crippen LogP contribution is -2.52. The van der Waals surface area contributed by atoms with Gasteiger partial charge in [0, 0.05) is 64.3 Å². The molecule has 0 saturated carbocycles. The van der Waals surface area contributed by atoms with E-state index in [1.165, 1.54) is 18.0 Å². The highest BCUT2D eigenvalue weighted by atomic mass is 127. The number of likely N-dealkylation sites (N-methyl/N-ethyl adjacent to an activating group) is 2. The van der Waals surface area contributed by atoms with Gasteiger partial charge in [-0.15, -0.1) is 35.3 Å². The summed E-state index contributed by atoms with van der Waals surface area (Å²) in [6.45, 7) is 8.89. The Morgan fingerprint density at radius 1 is 1.38 bits per heavy atom. The fraction of sp³-hybridized carbons (Fsp3) is 0.706. The first kappa shape index (κ1) is 21.7. The van der Waals surface area contributed by atoms with Crippen molar-refractivity contribution in [2.45, 2.75) is 19.4 Å². The molecule has 5 nitrogen and oxygen atoms in total. The predicted molar refractivity (Wildman–Crippen MR) is 116 cm³/mol. The van der Waals surface area contributed by atoms with Gasteiger partial charge in [-0.3, -0.25) is 9.89 Å². The molecule has 1 unspecified atom stereocenters. The van der Waals surface area contributed by atoms with Crippen molar-refractivity contribution >= 4 is 41.3 Å². The number of nitrogens with zero attached hydrogens (tertiary/aromatic N) is 4. The Morgan fingerprint density at radius 3 is 2.67 bits per heavy atom. The van der Waals surface area contributed by atoms with Crippen molar-refractivity contribution in [2.75, 3.05) is 60.4 Å². The highest BCUT2D eigenvalue weighted by molar-refractivity contribution is 14.0. The molecule has 0 aromatic carbocycles. The fourth-order valence-electron chi connectivity index (χ4n) is 2.85. The van der Waals surface area contributed by atoms with Crippen LogP contribution in [0.25, 0.3) is 0 Å². The van der Waals surface area contributed by atoms with Crippen molar-refractivity contribution in [2.24, 2.45) is 4.99 Å². The number of halogens is 1. The summed E-state index contributed by atoms with van der Waals surface area (Å²) in [7, 11) is 6.18. The Bertz CT molecular complexity index is 471. The Balaban J connectivity index is 0.00000288. The zero-order chi connectivity index (χ0) is 16.7. The maximum Gasteiger partial charge on any atom is 0.193 e. The normalized spacial score (nSPS) is 18.1. The zero-order valence-electron chi connectivity index (χ0n) is 15.4. The number of nitrogens with one attached hydrogen (secondary N) is 1. The SMILES string of the molecule is CN=C(NCC(C)N1CCN(C)CC1)N(C)CCc1cccs1.I. The van der Waals surface area contributed by atoms with Crippen molar-refractivity contribution in [3.05, 3.63) is 22.4 Å². The highest BCUT2D eigenvalue weighted by Gasteiger charge is 2.19. The smallest absolute Gasteiger partial charge is 0.193 e. The molecule has 1 aliphatic rings. The molecule has 2 rings (SSSR count). The second-order valence-electron chi connectivity index (χ2n) is 6.37. The third-order valence-corrected chi connectivity index (χ3v) is 5.50. The number of thiophene rings is 1. The van der Waals surface area contributed by atoms with Crippen LogP contribution in [0.4, 0.5) is 0 Å². The van der Waals surface area contributed by atoms with Crippen molar-refractivity contribution in [3.63, 3.8) is 0 Å². The van der Waals surface area contributed by atoms with Crippen LogP contribution in [0.3, 0.4) is 0 Å². The first-order valence-corrected chi connectivity index (χ1v) is 9.35. The average Bonchev–Trinajstić information content (AvgIpc) is 3.07. The minimum atomic E-state index is 0. The molecule has 0 radical (unpaired) electrons. The van der Waals surface area contributed by atoms with Crippen LogP contribution in [0.5, 0.6) is 0 Å². The Labute approximate surface area is 168 Å². The largest absolute Gasteiger partial charge is 0.355 e. The number of hydrogen-bond acceptors (Lipinski definition) is 4. The summed E-state index contributed by atoms with van der Waals surface area (Å²) in [5, 5.41) is 5.67. The molecule has 138 valence electrons. The summed E-state index contributed by atoms with van der Waals surface area (Å²) < 4.78 is 0. The van der Waals surface area contributed by atoms with E-state index in [4.69, 9.17) is 0 Å². The van der Waals surface area contributed by atoms with Gasteiger partial charge in [-0.2, -0.15) is 0 Å². The maximum atomic E-state index is 4.43. The molecule has 1 fully saturated rings. The van der Waals surface area contributed by atoms with E-state index in [1.807, 2.05) is 18.4 Å². The molecule has 1 aromatic heterocycles. The van der Waals surface area contributed by atoms with Gasteiger partial charge in [0.2, 0.25) is 0 Å². The lowest BCUT2D eigenvalue weighted by molar-refractivity contribution is 0.119. The van der Waals surface area contributed by atoms with Gasteiger partial charge in [0.1, 0.15) is 0 Å². The summed E-state index contributed by atoms with van der Waals surface area (Å²) in [6.07, 6.45) is 1.07. The van der Waals surface area contributed by atoms with Gasteiger partial charge in [-0.1, -0.05) is 6.07 Å². The summed E-state index contributed by atoms with van der Waals surface area (Å²) in [4.78, 5) is 13.0. The number of guanidine groups is 1. The van der Waals surface area contributed by atoms with Crippen molar-refractivity contribution < 1.29 is 0 Å². The van der Waals surface area contributed by atoms with E-state index in [0.29, 0.717) is 6.04 Å². The Kier molecular flexibility index (Phi) is 10.2. The average molecular weight is 465 g/mol. The van der Waals surface area contributed by atoms with Gasteiger partial charge in [0.15, 0.2) is 5.96 Å². The molecule has 1 aliphatic heterocycles. The van der Waals surface area contributed by atoms with Crippen molar-refractivity contribution in [1.29, 1.82) is 0 Å². The molecule has 7 heteroatoms. The molecular formula is C17H32IN5S. The first-order valence-electron chi connectivity index (χ1n) is 8.47. The van der Waals surface area contributed by atoms with Gasteiger partial charge < -0.3 is 15.1 Å². The van der Waals surface area contributed by atoms with Crippen molar-refractivity contribution in [3.8, 4) is 0 Å². The van der Waals surface area contributed by atoms with Crippen LogP contribution in [0.2, 0.25) is 0 Å². The molecule has 2 heterocycles. The van der Waals surface area contributed by atoms with E-state index < -0.39 is 0 Å². The predicted octanol–water partition coefficient (Wildman–Crippen LogP) is 2.05. The van der Waals surface area contributed by atoms with Gasteiger partial charge in [0.25, 0.3) is 0 Å². The molecule has 0 aliphatic carbocycles. The van der Waals surface area contributed by atoms with Crippen molar-refractivity contribution in [1.82, 2.24) is 20.0 Å². The minimum absolute atomic E-state index is 0. The standard InChI is InChI=1S/C17H31N5S.HI/c1-15(22-11-9-20(3)10-12-22)14-19-17(18-2)21(4)8-7-16-6-5-13-23-16;/h5-6,13,15H,7-12,14H2,1-4H3,(H,18,19);1H. The summed E-state index contributed by atoms with van der Waals surface area (Å²) in [5.74, 6) is 0.988. The molecule has 1 saturated heterocycles. The molecule has 0 spiro atoms. The highest BCUT2D eigenvalue weighted by Crippen LogP contribution is 2.09. The quantitative estimate of drug-likeness (QED) is 0.396. The van der Waals surface area contributed by atoms with E-state index in [-0.39, 0.29) is 24.0 Å². The van der Waals surface area contributed by atoms with E-state index in [9.17, 15) is 0 Å². The third kappa shape index (κ3) is 6.85. The van der Waals surface area contributed by atoms with E-state index in [2.05, 4.69) is 63.5 Å². The number of aliphatic imine (C=N–C) groups is 1. The number of piperazine rings is 1. The number of hydrogen-bond donors (Lipinski definition) is 1. The summed E-state index contributed by atoms with van der Waals surface area (Å²) in [6, 6.07) is 4.85. The van der Waals surface area contributed by atoms with Crippen LogP contribution < -0.4 is 5.32 Å². The topological polar surface area (TPSA) is 34.1 Å². The zero-order valence-corrected chi connectivity index (χ0v) is 18.5. The Morgan fingerprint density at radius 2 is 2.08 bits per heavy atom. The van der Waals surface area contributed by atoms with E-state index in [1.54, 1.807) is 0 Å². The van der Waals surface area contributed by atoms with Gasteiger partial charge in [-0.25, -0.2) is 0 Å². The van der Waals surface area contributed by atoms with E-state index >= 15 is 0 Å². The van der Waals surface area contributed by atoms with E-state index in [0.717, 1.165) is 38.6 Å². The van der Waals surface area contributed by atoms with Crippen LogP contribution in [0, 0.1) is 0 Å². The van der Waals surface area contributed by atoms with Gasteiger partial charge in [0.05, 0.1) is 0 Å². The third-order valence-electron chi connectivity index (χ3n) is 4.56. The van der Waals surface area contributed by atoms with Crippen LogP contribution >= 0.6 is 35.3 Å². The molecule has 1 atom stereocenters. The van der Waals surface area contributed by atoms with Crippen LogP contribution in [-0.2, 0) is 6.42 Å². The second-order valence-corrected chi connectivity index (χ2v) is 7.40. The lowest BCUT2D eigenvalue weighted by Gasteiger charge is -2.37. The molecular weight excluding hydrogens is 433 g/mol. The lowest BCUT2D eigenvalue weighted by atomic mass is 10.2. The molecule has 1 aromatic rings. The van der Waals surface area contributed by atoms with Crippen LogP contribution in [0.1, 0.15) is 11.8 Å². The second kappa shape index (κ2) is 11.3. The minimum Gasteiger partial charge on any atom is -0.355 e. The monoisotopic (exact) mass is 465 g/mol. The number of rotatable bonds is 6. The first-order chi connectivity index (χ1) is 11.1. The molecule has 24 heavy (non-hydrogen) atoms. The molecule has 0 bridgehead atoms. The van der Waals surface area contributed by atoms with Crippen LogP contribution in [0.15, 0.2) is 22.5 Å². The molecule has 0 amide bonds. The summed E-state index contributed by atoms with van der Waals surface area (Å²) >= 11 is 1.82.